The Morgan fingerprint density at radius 3 is 2.22 bits per heavy atom. The standard InChI is InChI=1S/C39H46FN7O8/c1-5-41-36(50)35-44-43-34(30-19-29(24(2)3)32(48)20-33(30)49)47(35)28-13-11-26(12-14-28)22-45-15-17-46(18-16-45)37(51)31(40)21-42-39(53)55-25(4)38(52)54-23-27-9-7-6-8-10-27/h6-14,19-20,24-25,31,48-49H,5,15-18,21-23H2,1-4H3,(H,41,50)(H,42,53)/t25-,31?/m0/s1. The van der Waals surface area contributed by atoms with E-state index in [0.29, 0.717) is 43.0 Å². The van der Waals surface area contributed by atoms with Crippen LogP contribution in [0.25, 0.3) is 17.1 Å². The van der Waals surface area contributed by atoms with E-state index in [1.165, 1.54) is 17.9 Å². The van der Waals surface area contributed by atoms with Gasteiger partial charge in [-0.2, -0.15) is 0 Å². The van der Waals surface area contributed by atoms with Gasteiger partial charge in [-0.3, -0.25) is 19.1 Å². The van der Waals surface area contributed by atoms with Gasteiger partial charge in [-0.05, 0) is 54.7 Å². The molecule has 3 amide bonds. The van der Waals surface area contributed by atoms with Gasteiger partial charge in [-0.15, -0.1) is 10.2 Å². The summed E-state index contributed by atoms with van der Waals surface area (Å²) in [5.41, 5.74) is 3.19. The third-order valence-electron chi connectivity index (χ3n) is 9.03. The highest BCUT2D eigenvalue weighted by Gasteiger charge is 2.29. The zero-order chi connectivity index (χ0) is 39.6. The quantitative estimate of drug-likeness (QED) is 0.136. The Morgan fingerprint density at radius 1 is 0.873 bits per heavy atom. The van der Waals surface area contributed by atoms with Crippen LogP contribution in [0.1, 0.15) is 60.9 Å². The number of ether oxygens (including phenoxy) is 2. The summed E-state index contributed by atoms with van der Waals surface area (Å²) in [6.07, 6.45) is -4.28. The van der Waals surface area contributed by atoms with Gasteiger partial charge in [0.15, 0.2) is 18.1 Å². The van der Waals surface area contributed by atoms with Gasteiger partial charge in [0.2, 0.25) is 5.82 Å². The summed E-state index contributed by atoms with van der Waals surface area (Å²) >= 11 is 0. The maximum atomic E-state index is 14.9. The highest BCUT2D eigenvalue weighted by atomic mass is 19.1. The number of rotatable bonds is 14. The summed E-state index contributed by atoms with van der Waals surface area (Å²) < 4.78 is 26.5. The van der Waals surface area contributed by atoms with E-state index >= 15 is 0 Å². The predicted octanol–water partition coefficient (Wildman–Crippen LogP) is 4.06. The Kier molecular flexibility index (Phi) is 13.4. The number of amides is 3. The maximum absolute atomic E-state index is 14.9. The molecule has 0 bridgehead atoms. The highest BCUT2D eigenvalue weighted by Crippen LogP contribution is 2.38. The largest absolute Gasteiger partial charge is 0.508 e. The van der Waals surface area contributed by atoms with Crippen LogP contribution in [-0.4, -0.2) is 110 Å². The number of halogens is 1. The first-order valence-electron chi connectivity index (χ1n) is 18.1. The lowest BCUT2D eigenvalue weighted by Crippen LogP contribution is -2.52. The van der Waals surface area contributed by atoms with E-state index in [-0.39, 0.29) is 48.8 Å². The molecule has 1 unspecified atom stereocenters. The Labute approximate surface area is 318 Å². The molecule has 2 atom stereocenters. The summed E-state index contributed by atoms with van der Waals surface area (Å²) in [5.74, 6) is -2.03. The third-order valence-corrected chi connectivity index (χ3v) is 9.03. The molecule has 15 nitrogen and oxygen atoms in total. The summed E-state index contributed by atoms with van der Waals surface area (Å²) in [7, 11) is 0. The molecule has 16 heteroatoms. The number of nitrogens with one attached hydrogen (secondary N) is 2. The first-order valence-corrected chi connectivity index (χ1v) is 18.1. The van der Waals surface area contributed by atoms with Crippen molar-refractivity contribution >= 4 is 23.9 Å². The number of benzene rings is 3. The fraction of sp³-hybridized carbons (Fsp3) is 0.385. The van der Waals surface area contributed by atoms with Crippen molar-refractivity contribution in [2.24, 2.45) is 0 Å². The fourth-order valence-electron chi connectivity index (χ4n) is 6.02. The van der Waals surface area contributed by atoms with Gasteiger partial charge in [-0.1, -0.05) is 56.3 Å². The molecule has 4 N–H and O–H groups in total. The van der Waals surface area contributed by atoms with Gasteiger partial charge >= 0.3 is 12.1 Å². The molecule has 1 aliphatic rings. The van der Waals surface area contributed by atoms with Crippen LogP contribution in [0.3, 0.4) is 0 Å². The van der Waals surface area contributed by atoms with Gasteiger partial charge in [0.25, 0.3) is 11.8 Å². The lowest BCUT2D eigenvalue weighted by Gasteiger charge is -2.35. The number of aromatic nitrogens is 3. The number of piperazine rings is 1. The Hall–Kier alpha value is -6.03. The number of hydrogen-bond donors (Lipinski definition) is 4. The molecule has 0 radical (unpaired) electrons. The number of hydrogen-bond acceptors (Lipinski definition) is 11. The number of alkyl carbamates (subject to hydrolysis) is 1. The topological polar surface area (TPSA) is 188 Å². The molecule has 1 aliphatic heterocycles. The van der Waals surface area contributed by atoms with Crippen LogP contribution in [0.4, 0.5) is 9.18 Å². The number of carbonyl (C=O) groups is 4. The zero-order valence-electron chi connectivity index (χ0n) is 31.2. The molecule has 0 saturated carbocycles. The normalized spacial score (nSPS) is 14.3. The molecule has 292 valence electrons. The molecule has 55 heavy (non-hydrogen) atoms. The van der Waals surface area contributed by atoms with Gasteiger partial charge in [-0.25, -0.2) is 14.0 Å². The highest BCUT2D eigenvalue weighted by molar-refractivity contribution is 5.92. The maximum Gasteiger partial charge on any atom is 0.408 e. The fourth-order valence-corrected chi connectivity index (χ4v) is 6.02. The molecular formula is C39H46FN7O8. The van der Waals surface area contributed by atoms with E-state index in [2.05, 4.69) is 25.7 Å². The Bertz CT molecular complexity index is 1960. The molecule has 3 aromatic carbocycles. The SMILES string of the molecule is CCNC(=O)c1nnc(-c2cc(C(C)C)c(O)cc2O)n1-c1ccc(CN2CCN(C(=O)C(F)CNC(=O)O[C@@H](C)C(=O)OCc3ccccc3)CC2)cc1. The number of phenols is 2. The number of esters is 1. The number of carbonyl (C=O) groups excluding carboxylic acids is 4. The molecule has 4 aromatic rings. The lowest BCUT2D eigenvalue weighted by molar-refractivity contribution is -0.154. The average Bonchev–Trinajstić information content (AvgIpc) is 3.61. The summed E-state index contributed by atoms with van der Waals surface area (Å²) in [6, 6.07) is 19.3. The van der Waals surface area contributed by atoms with E-state index in [9.17, 15) is 33.8 Å². The second kappa shape index (κ2) is 18.3. The van der Waals surface area contributed by atoms with Crippen LogP contribution >= 0.6 is 0 Å². The summed E-state index contributed by atoms with van der Waals surface area (Å²) in [5, 5.41) is 34.5. The first kappa shape index (κ1) is 40.2. The van der Waals surface area contributed by atoms with E-state index in [1.807, 2.05) is 44.2 Å². The molecule has 0 aliphatic carbocycles. The van der Waals surface area contributed by atoms with Crippen molar-refractivity contribution in [2.75, 3.05) is 39.3 Å². The Balaban J connectivity index is 1.14. The minimum atomic E-state index is -2.00. The second-order valence-corrected chi connectivity index (χ2v) is 13.4. The molecule has 0 spiro atoms. The van der Waals surface area contributed by atoms with Gasteiger partial charge < -0.3 is 35.2 Å². The number of nitrogens with zero attached hydrogens (tertiary/aromatic N) is 5. The molecule has 2 heterocycles. The minimum absolute atomic E-state index is 0.0108. The van der Waals surface area contributed by atoms with Crippen molar-refractivity contribution in [3.8, 4) is 28.6 Å². The molecule has 1 aromatic heterocycles. The van der Waals surface area contributed by atoms with Crippen LogP contribution in [0.2, 0.25) is 0 Å². The van der Waals surface area contributed by atoms with Gasteiger partial charge in [0.1, 0.15) is 18.1 Å². The van der Waals surface area contributed by atoms with Crippen molar-refractivity contribution < 1.29 is 43.3 Å². The third kappa shape index (κ3) is 10.1. The van der Waals surface area contributed by atoms with Crippen molar-refractivity contribution in [3.63, 3.8) is 0 Å². The average molecular weight is 760 g/mol. The number of alkyl halides is 1. The van der Waals surface area contributed by atoms with Crippen molar-refractivity contribution in [2.45, 2.75) is 59.0 Å². The second-order valence-electron chi connectivity index (χ2n) is 13.4. The smallest absolute Gasteiger partial charge is 0.408 e. The van der Waals surface area contributed by atoms with E-state index in [1.54, 1.807) is 41.8 Å². The first-order chi connectivity index (χ1) is 26.4. The van der Waals surface area contributed by atoms with Crippen LogP contribution < -0.4 is 10.6 Å². The molecule has 1 fully saturated rings. The monoisotopic (exact) mass is 759 g/mol. The van der Waals surface area contributed by atoms with Crippen LogP contribution in [0, 0.1) is 0 Å². The molecular weight excluding hydrogens is 713 g/mol. The summed E-state index contributed by atoms with van der Waals surface area (Å²) in [4.78, 5) is 53.7. The van der Waals surface area contributed by atoms with Gasteiger partial charge in [0.05, 0.1) is 12.1 Å². The van der Waals surface area contributed by atoms with Crippen LogP contribution in [-0.2, 0) is 32.2 Å². The van der Waals surface area contributed by atoms with Crippen LogP contribution in [0.5, 0.6) is 11.5 Å². The van der Waals surface area contributed by atoms with E-state index in [0.717, 1.165) is 11.1 Å². The van der Waals surface area contributed by atoms with Crippen LogP contribution in [0.15, 0.2) is 66.7 Å². The molecule has 1 saturated heterocycles. The summed E-state index contributed by atoms with van der Waals surface area (Å²) in [6.45, 7) is 8.76. The van der Waals surface area contributed by atoms with Crippen molar-refractivity contribution in [3.05, 3.63) is 89.2 Å². The predicted molar refractivity (Wildman–Crippen MR) is 199 cm³/mol. The lowest BCUT2D eigenvalue weighted by atomic mass is 9.98. The number of aromatic hydroxyl groups is 2. The Morgan fingerprint density at radius 2 is 1.56 bits per heavy atom. The number of phenolic OH excluding ortho intramolecular Hbond substituents is 2. The van der Waals surface area contributed by atoms with Crippen molar-refractivity contribution in [1.29, 1.82) is 0 Å². The van der Waals surface area contributed by atoms with E-state index in [4.69, 9.17) is 9.47 Å². The molecule has 5 rings (SSSR count). The van der Waals surface area contributed by atoms with E-state index < -0.39 is 42.7 Å². The van der Waals surface area contributed by atoms with Crippen molar-refractivity contribution in [1.82, 2.24) is 35.2 Å². The minimum Gasteiger partial charge on any atom is -0.508 e. The van der Waals surface area contributed by atoms with Gasteiger partial charge in [0, 0.05) is 51.0 Å². The zero-order valence-corrected chi connectivity index (χ0v) is 31.2.